The van der Waals surface area contributed by atoms with Crippen LogP contribution < -0.4 is 4.74 Å². The molecule has 2 aromatic carbocycles. The molecule has 0 saturated heterocycles. The van der Waals surface area contributed by atoms with Gasteiger partial charge in [-0.25, -0.2) is 9.59 Å². The number of unbranched alkanes of at least 4 members (excludes halogenated alkanes) is 3. The van der Waals surface area contributed by atoms with Crippen LogP contribution in [0.4, 0.5) is 0 Å². The molecule has 0 N–H and O–H groups in total. The molecule has 0 spiro atoms. The molecule has 0 heterocycles. The molecule has 0 aliphatic carbocycles. The zero-order chi connectivity index (χ0) is 19.6. The summed E-state index contributed by atoms with van der Waals surface area (Å²) in [7, 11) is 0. The molecular formula is C23H28O4. The first-order chi connectivity index (χ1) is 13.0. The van der Waals surface area contributed by atoms with Crippen LogP contribution in [0.15, 0.2) is 48.5 Å². The summed E-state index contributed by atoms with van der Waals surface area (Å²) >= 11 is 0. The largest absolute Gasteiger partial charge is 0.459 e. The Hall–Kier alpha value is -2.62. The molecule has 4 heteroatoms. The van der Waals surface area contributed by atoms with E-state index >= 15 is 0 Å². The van der Waals surface area contributed by atoms with Gasteiger partial charge in [-0.3, -0.25) is 0 Å². The highest BCUT2D eigenvalue weighted by Gasteiger charge is 2.13. The van der Waals surface area contributed by atoms with E-state index in [4.69, 9.17) is 9.47 Å². The monoisotopic (exact) mass is 368 g/mol. The molecule has 0 saturated carbocycles. The molecule has 2 rings (SSSR count). The summed E-state index contributed by atoms with van der Waals surface area (Å²) in [4.78, 5) is 24.3. The lowest BCUT2D eigenvalue weighted by Gasteiger charge is -2.13. The average Bonchev–Trinajstić information content (AvgIpc) is 2.66. The van der Waals surface area contributed by atoms with Crippen molar-refractivity contribution in [2.24, 2.45) is 0 Å². The minimum Gasteiger partial charge on any atom is -0.459 e. The Morgan fingerprint density at radius 1 is 0.852 bits per heavy atom. The fourth-order valence-electron chi connectivity index (χ4n) is 2.68. The maximum Gasteiger partial charge on any atom is 0.343 e. The topological polar surface area (TPSA) is 52.6 Å². The highest BCUT2D eigenvalue weighted by Crippen LogP contribution is 2.17. The predicted octanol–water partition coefficient (Wildman–Crippen LogP) is 5.73. The van der Waals surface area contributed by atoms with Gasteiger partial charge in [0, 0.05) is 0 Å². The van der Waals surface area contributed by atoms with Gasteiger partial charge in [0.15, 0.2) is 0 Å². The van der Waals surface area contributed by atoms with Crippen molar-refractivity contribution < 1.29 is 19.1 Å². The number of esters is 2. The standard InChI is InChI=1S/C23H28O4/c1-4-5-6-7-8-18(3)26-22(24)20-13-15-21(16-14-20)27-23(25)19-11-9-17(2)10-12-19/h9-16,18H,4-8H2,1-3H3. The molecule has 0 fully saturated rings. The van der Waals surface area contributed by atoms with Crippen LogP contribution in [0.25, 0.3) is 0 Å². The van der Waals surface area contributed by atoms with E-state index in [1.807, 2.05) is 26.0 Å². The number of aryl methyl sites for hydroxylation is 1. The molecule has 0 radical (unpaired) electrons. The van der Waals surface area contributed by atoms with Crippen molar-refractivity contribution in [1.82, 2.24) is 0 Å². The summed E-state index contributed by atoms with van der Waals surface area (Å²) in [6, 6.07) is 13.6. The summed E-state index contributed by atoms with van der Waals surface area (Å²) in [5, 5.41) is 0. The maximum absolute atomic E-state index is 12.2. The van der Waals surface area contributed by atoms with Crippen molar-refractivity contribution in [1.29, 1.82) is 0 Å². The van der Waals surface area contributed by atoms with E-state index in [9.17, 15) is 9.59 Å². The van der Waals surface area contributed by atoms with E-state index in [0.717, 1.165) is 18.4 Å². The van der Waals surface area contributed by atoms with Gasteiger partial charge in [0.05, 0.1) is 17.2 Å². The van der Waals surface area contributed by atoms with Crippen LogP contribution in [0.2, 0.25) is 0 Å². The number of hydrogen-bond acceptors (Lipinski definition) is 4. The molecule has 0 aromatic heterocycles. The van der Waals surface area contributed by atoms with Gasteiger partial charge in [-0.2, -0.15) is 0 Å². The van der Waals surface area contributed by atoms with Crippen LogP contribution in [0.1, 0.15) is 72.2 Å². The van der Waals surface area contributed by atoms with Crippen LogP contribution in [0.5, 0.6) is 5.75 Å². The molecule has 1 atom stereocenters. The summed E-state index contributed by atoms with van der Waals surface area (Å²) < 4.78 is 10.8. The zero-order valence-corrected chi connectivity index (χ0v) is 16.4. The second-order valence-corrected chi connectivity index (χ2v) is 6.85. The number of rotatable bonds is 9. The lowest BCUT2D eigenvalue weighted by atomic mass is 10.1. The highest BCUT2D eigenvalue weighted by molar-refractivity contribution is 5.92. The SMILES string of the molecule is CCCCCCC(C)OC(=O)c1ccc(OC(=O)c2ccc(C)cc2)cc1. The van der Waals surface area contributed by atoms with E-state index in [1.165, 1.54) is 19.3 Å². The van der Waals surface area contributed by atoms with Crippen molar-refractivity contribution in [3.05, 3.63) is 65.2 Å². The van der Waals surface area contributed by atoms with Gasteiger partial charge in [-0.15, -0.1) is 0 Å². The zero-order valence-electron chi connectivity index (χ0n) is 16.4. The van der Waals surface area contributed by atoms with Gasteiger partial charge in [0.1, 0.15) is 5.75 Å². The van der Waals surface area contributed by atoms with E-state index in [2.05, 4.69) is 6.92 Å². The van der Waals surface area contributed by atoms with Gasteiger partial charge >= 0.3 is 11.9 Å². The van der Waals surface area contributed by atoms with Crippen molar-refractivity contribution in [3.63, 3.8) is 0 Å². The Kier molecular flexibility index (Phi) is 8.05. The normalized spacial score (nSPS) is 11.7. The van der Waals surface area contributed by atoms with E-state index in [1.54, 1.807) is 36.4 Å². The van der Waals surface area contributed by atoms with Crippen LogP contribution >= 0.6 is 0 Å². The summed E-state index contributed by atoms with van der Waals surface area (Å²) in [6.07, 6.45) is 5.40. The van der Waals surface area contributed by atoms with Gasteiger partial charge in [0.25, 0.3) is 0 Å². The number of ether oxygens (including phenoxy) is 2. The first-order valence-corrected chi connectivity index (χ1v) is 9.59. The fourth-order valence-corrected chi connectivity index (χ4v) is 2.68. The second-order valence-electron chi connectivity index (χ2n) is 6.85. The molecule has 0 aliphatic rings. The number of benzene rings is 2. The Morgan fingerprint density at radius 3 is 2.07 bits per heavy atom. The quantitative estimate of drug-likeness (QED) is 0.322. The smallest absolute Gasteiger partial charge is 0.343 e. The lowest BCUT2D eigenvalue weighted by Crippen LogP contribution is -2.15. The van der Waals surface area contributed by atoms with Gasteiger partial charge < -0.3 is 9.47 Å². The van der Waals surface area contributed by atoms with Gasteiger partial charge in [-0.1, -0.05) is 43.9 Å². The first kappa shape index (κ1) is 20.7. The second kappa shape index (κ2) is 10.5. The highest BCUT2D eigenvalue weighted by atomic mass is 16.5. The third-order valence-corrected chi connectivity index (χ3v) is 4.36. The summed E-state index contributed by atoms with van der Waals surface area (Å²) in [5.41, 5.74) is 2.01. The van der Waals surface area contributed by atoms with Crippen molar-refractivity contribution in [2.75, 3.05) is 0 Å². The maximum atomic E-state index is 12.2. The number of carbonyl (C=O) groups excluding carboxylic acids is 2. The van der Waals surface area contributed by atoms with Crippen molar-refractivity contribution in [3.8, 4) is 5.75 Å². The van der Waals surface area contributed by atoms with Gasteiger partial charge in [0.2, 0.25) is 0 Å². The van der Waals surface area contributed by atoms with Gasteiger partial charge in [-0.05, 0) is 63.1 Å². The van der Waals surface area contributed by atoms with Crippen LogP contribution in [-0.2, 0) is 4.74 Å². The Balaban J connectivity index is 1.85. The average molecular weight is 368 g/mol. The fraction of sp³-hybridized carbons (Fsp3) is 0.391. The van der Waals surface area contributed by atoms with Crippen LogP contribution in [-0.4, -0.2) is 18.0 Å². The molecule has 27 heavy (non-hydrogen) atoms. The lowest BCUT2D eigenvalue weighted by molar-refractivity contribution is 0.0319. The number of hydrogen-bond donors (Lipinski definition) is 0. The van der Waals surface area contributed by atoms with E-state index in [-0.39, 0.29) is 12.1 Å². The molecule has 2 aromatic rings. The molecule has 0 amide bonds. The third-order valence-electron chi connectivity index (χ3n) is 4.36. The minimum atomic E-state index is -0.425. The van der Waals surface area contributed by atoms with Crippen LogP contribution in [0, 0.1) is 6.92 Å². The third kappa shape index (κ3) is 6.89. The van der Waals surface area contributed by atoms with E-state index in [0.29, 0.717) is 16.9 Å². The summed E-state index contributed by atoms with van der Waals surface area (Å²) in [6.45, 7) is 6.05. The predicted molar refractivity (Wildman–Crippen MR) is 106 cm³/mol. The molecule has 1 unspecified atom stereocenters. The van der Waals surface area contributed by atoms with Crippen molar-refractivity contribution in [2.45, 2.75) is 59.0 Å². The van der Waals surface area contributed by atoms with E-state index < -0.39 is 5.97 Å². The first-order valence-electron chi connectivity index (χ1n) is 9.59. The van der Waals surface area contributed by atoms with Crippen molar-refractivity contribution >= 4 is 11.9 Å². The Labute approximate surface area is 161 Å². The Morgan fingerprint density at radius 2 is 1.44 bits per heavy atom. The molecule has 0 aliphatic heterocycles. The molecular weight excluding hydrogens is 340 g/mol. The molecule has 144 valence electrons. The number of carbonyl (C=O) groups is 2. The molecule has 0 bridgehead atoms. The summed E-state index contributed by atoms with van der Waals surface area (Å²) in [5.74, 6) is -0.384. The molecule has 4 nitrogen and oxygen atoms in total. The van der Waals surface area contributed by atoms with Crippen LogP contribution in [0.3, 0.4) is 0 Å². The minimum absolute atomic E-state index is 0.103. The Bertz CT molecular complexity index is 732.